The molecule has 118 valence electrons. The molecule has 0 saturated carbocycles. The molecule has 0 aliphatic rings. The van der Waals surface area contributed by atoms with Crippen LogP contribution in [-0.4, -0.2) is 50.4 Å². The maximum atomic E-state index is 11.2. The first-order valence-corrected chi connectivity index (χ1v) is 6.64. The lowest BCUT2D eigenvalue weighted by molar-refractivity contribution is -0.139. The third kappa shape index (κ3) is 5.40. The smallest absolute Gasteiger partial charge is 0.327 e. The minimum Gasteiger partial charge on any atom is -0.480 e. The van der Waals surface area contributed by atoms with Gasteiger partial charge in [-0.15, -0.1) is 0 Å². The van der Waals surface area contributed by atoms with Crippen molar-refractivity contribution in [1.29, 1.82) is 0 Å². The fraction of sp³-hybridized carbons (Fsp3) is 0.583. The Morgan fingerprint density at radius 1 is 1.33 bits per heavy atom. The topological polar surface area (TPSA) is 156 Å². The molecule has 1 aromatic heterocycles. The van der Waals surface area contributed by atoms with Gasteiger partial charge < -0.3 is 27.1 Å². The molecule has 0 saturated heterocycles. The molecular formula is C12H21N5O4. The summed E-state index contributed by atoms with van der Waals surface area (Å²) < 4.78 is 1.41. The number of nitrogens with zero attached hydrogens (tertiary/aromatic N) is 2. The molecule has 0 amide bonds. The number of unbranched alkanes of at least 4 members (excludes halogenated alkanes) is 1. The summed E-state index contributed by atoms with van der Waals surface area (Å²) in [4.78, 5) is 25.9. The van der Waals surface area contributed by atoms with Gasteiger partial charge in [0.25, 0.3) is 0 Å². The number of carboxylic acid groups (broad SMARTS) is 2. The lowest BCUT2D eigenvalue weighted by Gasteiger charge is -2.18. The Balaban J connectivity index is 2.69. The van der Waals surface area contributed by atoms with E-state index in [-0.39, 0.29) is 6.42 Å². The van der Waals surface area contributed by atoms with Crippen molar-refractivity contribution in [3.63, 3.8) is 0 Å². The summed E-state index contributed by atoms with van der Waals surface area (Å²) >= 11 is 0. The zero-order valence-electron chi connectivity index (χ0n) is 11.6. The Morgan fingerprint density at radius 2 is 2.05 bits per heavy atom. The molecule has 0 aliphatic heterocycles. The molecule has 0 aliphatic carbocycles. The van der Waals surface area contributed by atoms with E-state index in [1.54, 1.807) is 0 Å². The highest BCUT2D eigenvalue weighted by Gasteiger charge is 2.20. The monoisotopic (exact) mass is 299 g/mol. The summed E-state index contributed by atoms with van der Waals surface area (Å²) in [5, 5.41) is 18.0. The number of carboxylic acids is 2. The van der Waals surface area contributed by atoms with Gasteiger partial charge in [0.15, 0.2) is 0 Å². The van der Waals surface area contributed by atoms with E-state index in [2.05, 4.69) is 10.4 Å². The summed E-state index contributed by atoms with van der Waals surface area (Å²) in [7, 11) is 0. The average Bonchev–Trinajstić information content (AvgIpc) is 2.84. The largest absolute Gasteiger partial charge is 0.480 e. The molecular weight excluding hydrogens is 278 g/mol. The van der Waals surface area contributed by atoms with Gasteiger partial charge in [-0.2, -0.15) is 0 Å². The van der Waals surface area contributed by atoms with Crippen LogP contribution in [-0.2, 0) is 16.0 Å². The van der Waals surface area contributed by atoms with Crippen LogP contribution in [0.5, 0.6) is 0 Å². The van der Waals surface area contributed by atoms with Gasteiger partial charge in [0.1, 0.15) is 18.4 Å². The van der Waals surface area contributed by atoms with Crippen molar-refractivity contribution in [2.24, 2.45) is 11.5 Å². The third-order valence-corrected chi connectivity index (χ3v) is 3.00. The number of aliphatic carboxylic acids is 2. The average molecular weight is 299 g/mol. The summed E-state index contributed by atoms with van der Waals surface area (Å²) in [6.07, 6.45) is 4.73. The predicted molar refractivity (Wildman–Crippen MR) is 75.2 cm³/mol. The van der Waals surface area contributed by atoms with Crippen molar-refractivity contribution in [3.8, 4) is 0 Å². The van der Waals surface area contributed by atoms with Crippen molar-refractivity contribution in [2.45, 2.75) is 37.8 Å². The van der Waals surface area contributed by atoms with Crippen molar-refractivity contribution < 1.29 is 19.8 Å². The van der Waals surface area contributed by atoms with Crippen LogP contribution in [0.3, 0.4) is 0 Å². The molecule has 9 heteroatoms. The van der Waals surface area contributed by atoms with E-state index in [9.17, 15) is 14.7 Å². The number of nitrogens with one attached hydrogen (secondary N) is 1. The Bertz CT molecular complexity index is 476. The number of rotatable bonds is 10. The van der Waals surface area contributed by atoms with Crippen LogP contribution in [0.4, 0.5) is 0 Å². The molecule has 0 bridgehead atoms. The Morgan fingerprint density at radius 3 is 2.62 bits per heavy atom. The first kappa shape index (κ1) is 16.9. The molecule has 1 heterocycles. The Labute approximate surface area is 121 Å². The van der Waals surface area contributed by atoms with Gasteiger partial charge in [0.2, 0.25) is 0 Å². The predicted octanol–water partition coefficient (Wildman–Crippen LogP) is -1.04. The first-order chi connectivity index (χ1) is 9.95. The van der Waals surface area contributed by atoms with Crippen LogP contribution in [0.1, 0.15) is 25.0 Å². The zero-order valence-corrected chi connectivity index (χ0v) is 11.6. The normalized spacial score (nSPS) is 13.6. The quantitative estimate of drug-likeness (QED) is 0.343. The summed E-state index contributed by atoms with van der Waals surface area (Å²) in [6, 6.07) is -1.87. The Hall–Kier alpha value is -2.13. The molecule has 2 atom stereocenters. The van der Waals surface area contributed by atoms with E-state index in [1.165, 1.54) is 17.2 Å². The summed E-state index contributed by atoms with van der Waals surface area (Å²) in [6.45, 7) is 0.510. The van der Waals surface area contributed by atoms with Gasteiger partial charge in [0.05, 0.1) is 11.9 Å². The van der Waals surface area contributed by atoms with Crippen molar-refractivity contribution in [2.75, 3.05) is 12.0 Å². The van der Waals surface area contributed by atoms with E-state index in [4.69, 9.17) is 16.6 Å². The van der Waals surface area contributed by atoms with Gasteiger partial charge in [-0.1, -0.05) is 0 Å². The van der Waals surface area contributed by atoms with Gasteiger partial charge in [-0.05, 0) is 25.8 Å². The molecule has 0 unspecified atom stereocenters. The van der Waals surface area contributed by atoms with Crippen molar-refractivity contribution >= 4 is 11.9 Å². The van der Waals surface area contributed by atoms with E-state index >= 15 is 0 Å². The van der Waals surface area contributed by atoms with Crippen LogP contribution in [0.2, 0.25) is 0 Å². The number of nitrogens with two attached hydrogens (primary N) is 2. The fourth-order valence-electron chi connectivity index (χ4n) is 1.81. The molecule has 0 radical (unpaired) electrons. The van der Waals surface area contributed by atoms with Crippen LogP contribution in [0.15, 0.2) is 12.5 Å². The number of aromatic nitrogens is 2. The molecule has 0 fully saturated rings. The number of imidazole rings is 1. The van der Waals surface area contributed by atoms with E-state index in [0.717, 1.165) is 6.42 Å². The van der Waals surface area contributed by atoms with Crippen molar-refractivity contribution in [1.82, 2.24) is 9.66 Å². The molecule has 1 aromatic rings. The van der Waals surface area contributed by atoms with Crippen molar-refractivity contribution in [3.05, 3.63) is 18.2 Å². The van der Waals surface area contributed by atoms with Crippen LogP contribution in [0.25, 0.3) is 0 Å². The molecule has 0 aromatic carbocycles. The van der Waals surface area contributed by atoms with E-state index in [0.29, 0.717) is 25.1 Å². The van der Waals surface area contributed by atoms with Gasteiger partial charge in [-0.25, -0.2) is 9.78 Å². The lowest BCUT2D eigenvalue weighted by Crippen LogP contribution is -2.38. The molecule has 7 N–H and O–H groups in total. The number of hydrogen-bond acceptors (Lipinski definition) is 6. The second-order valence-electron chi connectivity index (χ2n) is 4.71. The second-order valence-corrected chi connectivity index (χ2v) is 4.71. The van der Waals surface area contributed by atoms with E-state index < -0.39 is 24.0 Å². The summed E-state index contributed by atoms with van der Waals surface area (Å²) in [5.41, 5.74) is 14.2. The molecule has 1 rings (SSSR count). The van der Waals surface area contributed by atoms with Crippen LogP contribution < -0.4 is 16.9 Å². The van der Waals surface area contributed by atoms with Crippen LogP contribution in [0, 0.1) is 0 Å². The highest BCUT2D eigenvalue weighted by Crippen LogP contribution is 2.06. The van der Waals surface area contributed by atoms with Crippen LogP contribution >= 0.6 is 0 Å². The van der Waals surface area contributed by atoms with Gasteiger partial charge >= 0.3 is 11.9 Å². The highest BCUT2D eigenvalue weighted by molar-refractivity contribution is 5.75. The highest BCUT2D eigenvalue weighted by atomic mass is 16.4. The van der Waals surface area contributed by atoms with Gasteiger partial charge in [-0.3, -0.25) is 9.47 Å². The molecule has 21 heavy (non-hydrogen) atoms. The second kappa shape index (κ2) is 8.22. The van der Waals surface area contributed by atoms with Gasteiger partial charge in [0, 0.05) is 6.42 Å². The standard InChI is InChI=1S/C12H21N5O4/c13-4-2-1-3-10(12(20)21)16-17-7-15-6-8(17)5-9(14)11(18)19/h6-7,9-10,16H,1-5,13-14H2,(H,18,19)(H,20,21)/t9-,10-/m0/s1. The van der Waals surface area contributed by atoms with E-state index in [1.807, 2.05) is 0 Å². The Kier molecular flexibility index (Phi) is 6.63. The molecule has 9 nitrogen and oxygen atoms in total. The number of hydrogen-bond donors (Lipinski definition) is 5. The zero-order chi connectivity index (χ0) is 15.8. The maximum Gasteiger partial charge on any atom is 0.327 e. The lowest BCUT2D eigenvalue weighted by atomic mass is 10.1. The number of carbonyl (C=O) groups is 2. The molecule has 0 spiro atoms. The first-order valence-electron chi connectivity index (χ1n) is 6.64. The third-order valence-electron chi connectivity index (χ3n) is 3.00. The summed E-state index contributed by atoms with van der Waals surface area (Å²) in [5.74, 6) is -2.12. The SMILES string of the molecule is NCCCC[C@H](Nn1cncc1C[C@H](N)C(=O)O)C(=O)O. The minimum atomic E-state index is -1.12. The fourth-order valence-corrected chi connectivity index (χ4v) is 1.81. The maximum absolute atomic E-state index is 11.2. The minimum absolute atomic E-state index is 0.0530.